The van der Waals surface area contributed by atoms with Crippen molar-refractivity contribution in [2.45, 2.75) is 50.1 Å². The molecule has 6 heteroatoms. The number of aliphatic hydroxyl groups excluding tert-OH is 1. The van der Waals surface area contributed by atoms with Crippen molar-refractivity contribution in [3.05, 3.63) is 59.2 Å². The monoisotopic (exact) mass is 424 g/mol. The smallest absolute Gasteiger partial charge is 0.243 e. The van der Waals surface area contributed by atoms with Gasteiger partial charge >= 0.3 is 0 Å². The predicted molar refractivity (Wildman–Crippen MR) is 119 cm³/mol. The number of rotatable bonds is 4. The predicted octanol–water partition coefficient (Wildman–Crippen LogP) is 3.68. The molecule has 2 heterocycles. The van der Waals surface area contributed by atoms with Crippen molar-refractivity contribution < 1.29 is 13.5 Å². The average molecular weight is 425 g/mol. The Labute approximate surface area is 179 Å². The number of unbranched alkanes of at least 4 members (excludes halogenated alkanes) is 1. The van der Waals surface area contributed by atoms with E-state index in [-0.39, 0.29) is 24.6 Å². The van der Waals surface area contributed by atoms with Gasteiger partial charge in [-0.3, -0.25) is 0 Å². The van der Waals surface area contributed by atoms with Gasteiger partial charge in [0, 0.05) is 30.1 Å². The lowest BCUT2D eigenvalue weighted by molar-refractivity contribution is 0.210. The first-order valence-corrected chi connectivity index (χ1v) is 12.0. The molecule has 2 N–H and O–H groups in total. The first kappa shape index (κ1) is 20.9. The number of hydrogen-bond acceptors (Lipinski definition) is 4. The summed E-state index contributed by atoms with van der Waals surface area (Å²) in [6.45, 7) is 4.45. The molecule has 1 fully saturated rings. The lowest BCUT2D eigenvalue weighted by atomic mass is 9.83. The zero-order valence-corrected chi connectivity index (χ0v) is 18.2. The highest BCUT2D eigenvalue weighted by Crippen LogP contribution is 2.48. The summed E-state index contributed by atoms with van der Waals surface area (Å²) >= 11 is 0. The SMILES string of the molecule is CCCC#Cc1ccc2c(c1)[C@H]1[C@H](CCN1S(=O)(=O)c1ccc(C)cc1)[C@H](CO)N2. The topological polar surface area (TPSA) is 69.6 Å². The molecule has 0 radical (unpaired) electrons. The van der Waals surface area contributed by atoms with Crippen LogP contribution in [0.5, 0.6) is 0 Å². The lowest BCUT2D eigenvalue weighted by Gasteiger charge is -2.38. The van der Waals surface area contributed by atoms with Crippen LogP contribution in [-0.4, -0.2) is 37.0 Å². The number of sulfonamides is 1. The first-order valence-electron chi connectivity index (χ1n) is 10.5. The van der Waals surface area contributed by atoms with Crippen molar-refractivity contribution in [1.29, 1.82) is 0 Å². The Hall–Kier alpha value is -2.33. The summed E-state index contributed by atoms with van der Waals surface area (Å²) in [5, 5.41) is 13.4. The number of nitrogens with zero attached hydrogens (tertiary/aromatic N) is 1. The summed E-state index contributed by atoms with van der Waals surface area (Å²) in [5.74, 6) is 6.38. The van der Waals surface area contributed by atoms with E-state index in [9.17, 15) is 13.5 Å². The Morgan fingerprint density at radius 2 is 1.97 bits per heavy atom. The molecular weight excluding hydrogens is 396 g/mol. The number of anilines is 1. The molecule has 1 saturated heterocycles. The normalized spacial score (nSPS) is 23.1. The van der Waals surface area contributed by atoms with Crippen LogP contribution in [0.15, 0.2) is 47.4 Å². The molecule has 0 unspecified atom stereocenters. The Morgan fingerprint density at radius 3 is 2.67 bits per heavy atom. The van der Waals surface area contributed by atoms with Crippen LogP contribution in [0.3, 0.4) is 0 Å². The van der Waals surface area contributed by atoms with Gasteiger partial charge in [-0.05, 0) is 55.7 Å². The van der Waals surface area contributed by atoms with Gasteiger partial charge in [-0.15, -0.1) is 0 Å². The number of fused-ring (bicyclic) bond motifs is 3. The third-order valence-corrected chi connectivity index (χ3v) is 7.95. The van der Waals surface area contributed by atoms with Gasteiger partial charge in [0.15, 0.2) is 0 Å². The van der Waals surface area contributed by atoms with Crippen LogP contribution in [0.1, 0.15) is 48.9 Å². The number of hydrogen-bond donors (Lipinski definition) is 2. The van der Waals surface area contributed by atoms with Gasteiger partial charge in [0.25, 0.3) is 0 Å². The molecule has 4 rings (SSSR count). The quantitative estimate of drug-likeness (QED) is 0.735. The van der Waals surface area contributed by atoms with Gasteiger partial charge < -0.3 is 10.4 Å². The third kappa shape index (κ3) is 3.74. The molecule has 0 aliphatic carbocycles. The van der Waals surface area contributed by atoms with Gasteiger partial charge in [0.2, 0.25) is 10.0 Å². The van der Waals surface area contributed by atoms with E-state index in [1.807, 2.05) is 37.3 Å². The van der Waals surface area contributed by atoms with E-state index in [0.717, 1.165) is 35.2 Å². The fraction of sp³-hybridized carbons (Fsp3) is 0.417. The second-order valence-corrected chi connectivity index (χ2v) is 10.0. The molecule has 30 heavy (non-hydrogen) atoms. The van der Waals surface area contributed by atoms with Crippen molar-refractivity contribution in [3.63, 3.8) is 0 Å². The molecule has 0 aromatic heterocycles. The first-order chi connectivity index (χ1) is 14.5. The summed E-state index contributed by atoms with van der Waals surface area (Å²) in [6.07, 6.45) is 2.55. The Kier molecular flexibility index (Phi) is 5.88. The summed E-state index contributed by atoms with van der Waals surface area (Å²) < 4.78 is 28.7. The van der Waals surface area contributed by atoms with E-state index in [4.69, 9.17) is 0 Å². The maximum absolute atomic E-state index is 13.5. The maximum Gasteiger partial charge on any atom is 0.243 e. The van der Waals surface area contributed by atoms with Crippen LogP contribution < -0.4 is 5.32 Å². The summed E-state index contributed by atoms with van der Waals surface area (Å²) in [5.41, 5.74) is 3.74. The fourth-order valence-corrected chi connectivity index (χ4v) is 6.17. The van der Waals surface area contributed by atoms with Crippen molar-refractivity contribution in [3.8, 4) is 11.8 Å². The van der Waals surface area contributed by atoms with Crippen LogP contribution in [0, 0.1) is 24.7 Å². The maximum atomic E-state index is 13.5. The van der Waals surface area contributed by atoms with E-state index in [2.05, 4.69) is 24.1 Å². The zero-order valence-electron chi connectivity index (χ0n) is 17.4. The molecule has 3 atom stereocenters. The van der Waals surface area contributed by atoms with Crippen LogP contribution in [-0.2, 0) is 10.0 Å². The highest BCUT2D eigenvalue weighted by Gasteiger charge is 2.48. The lowest BCUT2D eigenvalue weighted by Crippen LogP contribution is -2.42. The number of nitrogens with one attached hydrogen (secondary N) is 1. The minimum absolute atomic E-state index is 0.0153. The third-order valence-electron chi connectivity index (χ3n) is 6.06. The highest BCUT2D eigenvalue weighted by atomic mass is 32.2. The summed E-state index contributed by atoms with van der Waals surface area (Å²) in [7, 11) is -3.65. The largest absolute Gasteiger partial charge is 0.394 e. The summed E-state index contributed by atoms with van der Waals surface area (Å²) in [4.78, 5) is 0.313. The van der Waals surface area contributed by atoms with Gasteiger partial charge in [-0.25, -0.2) is 8.42 Å². The number of aryl methyl sites for hydroxylation is 1. The van der Waals surface area contributed by atoms with E-state index < -0.39 is 10.0 Å². The standard InChI is InChI=1S/C24H28N2O3S/c1-3-4-5-6-18-9-12-22-21(15-18)24-20(23(16-27)25-22)13-14-26(24)30(28,29)19-10-7-17(2)8-11-19/h7-12,15,20,23-25,27H,3-4,13-14,16H2,1-2H3/t20-,23+,24-/m1/s1. The van der Waals surface area contributed by atoms with E-state index in [0.29, 0.717) is 17.9 Å². The molecule has 2 aliphatic rings. The molecular formula is C24H28N2O3S. The number of benzene rings is 2. The van der Waals surface area contributed by atoms with Gasteiger partial charge in [0.1, 0.15) is 0 Å². The van der Waals surface area contributed by atoms with Crippen molar-refractivity contribution in [2.75, 3.05) is 18.5 Å². The minimum atomic E-state index is -3.65. The Bertz CT molecular complexity index is 1080. The second kappa shape index (κ2) is 8.43. The van der Waals surface area contributed by atoms with E-state index in [1.165, 1.54) is 0 Å². The highest BCUT2D eigenvalue weighted by molar-refractivity contribution is 7.89. The number of aliphatic hydroxyl groups is 1. The molecule has 2 aliphatic heterocycles. The zero-order chi connectivity index (χ0) is 21.3. The van der Waals surface area contributed by atoms with Crippen LogP contribution >= 0.6 is 0 Å². The molecule has 0 spiro atoms. The second-order valence-electron chi connectivity index (χ2n) is 8.11. The molecule has 0 bridgehead atoms. The van der Waals surface area contributed by atoms with Gasteiger partial charge in [0.05, 0.1) is 23.6 Å². The molecule has 2 aromatic carbocycles. The Morgan fingerprint density at radius 1 is 1.20 bits per heavy atom. The molecule has 0 amide bonds. The fourth-order valence-electron chi connectivity index (χ4n) is 4.50. The molecule has 158 valence electrons. The van der Waals surface area contributed by atoms with Gasteiger partial charge in [-0.1, -0.05) is 36.5 Å². The summed E-state index contributed by atoms with van der Waals surface area (Å²) in [6, 6.07) is 12.5. The van der Waals surface area contributed by atoms with Gasteiger partial charge in [-0.2, -0.15) is 4.31 Å². The molecule has 5 nitrogen and oxygen atoms in total. The van der Waals surface area contributed by atoms with Crippen molar-refractivity contribution in [1.82, 2.24) is 4.31 Å². The molecule has 2 aromatic rings. The Balaban J connectivity index is 1.77. The van der Waals surface area contributed by atoms with Crippen molar-refractivity contribution >= 4 is 15.7 Å². The minimum Gasteiger partial charge on any atom is -0.394 e. The van der Waals surface area contributed by atoms with Crippen LogP contribution in [0.25, 0.3) is 0 Å². The van der Waals surface area contributed by atoms with E-state index >= 15 is 0 Å². The average Bonchev–Trinajstić information content (AvgIpc) is 3.20. The van der Waals surface area contributed by atoms with Crippen LogP contribution in [0.2, 0.25) is 0 Å². The van der Waals surface area contributed by atoms with E-state index in [1.54, 1.807) is 16.4 Å². The molecule has 0 saturated carbocycles. The van der Waals surface area contributed by atoms with Crippen LogP contribution in [0.4, 0.5) is 5.69 Å². The van der Waals surface area contributed by atoms with Crippen molar-refractivity contribution in [2.24, 2.45) is 5.92 Å².